The van der Waals surface area contributed by atoms with Gasteiger partial charge in [-0.1, -0.05) is 31.2 Å². The Morgan fingerprint density at radius 3 is 2.63 bits per heavy atom. The van der Waals surface area contributed by atoms with Crippen molar-refractivity contribution in [3.63, 3.8) is 0 Å². The fourth-order valence-corrected chi connectivity index (χ4v) is 4.39. The standard InChI is InChI=1S/C14H22N2O2S/c1-2-14(10-15)19(17,18)16-9-5-8-12-6-3-4-7-13(12)11-16/h3-4,6-7,14H,2,5,8-11,15H2,1H3. The Balaban J connectivity index is 2.27. The average Bonchev–Trinajstić information content (AvgIpc) is 2.62. The van der Waals surface area contributed by atoms with E-state index in [4.69, 9.17) is 5.73 Å². The summed E-state index contributed by atoms with van der Waals surface area (Å²) in [7, 11) is -3.28. The summed E-state index contributed by atoms with van der Waals surface area (Å²) >= 11 is 0. The van der Waals surface area contributed by atoms with E-state index in [0.717, 1.165) is 18.4 Å². The van der Waals surface area contributed by atoms with Crippen LogP contribution in [0.25, 0.3) is 0 Å². The van der Waals surface area contributed by atoms with Crippen LogP contribution in [-0.4, -0.2) is 31.1 Å². The molecule has 1 aliphatic heterocycles. The van der Waals surface area contributed by atoms with E-state index in [0.29, 0.717) is 19.5 Å². The van der Waals surface area contributed by atoms with Gasteiger partial charge in [-0.05, 0) is 30.4 Å². The highest BCUT2D eigenvalue weighted by molar-refractivity contribution is 7.89. The third-order valence-corrected chi connectivity index (χ3v) is 6.22. The van der Waals surface area contributed by atoms with E-state index in [9.17, 15) is 8.42 Å². The second-order valence-corrected chi connectivity index (χ2v) is 7.23. The lowest BCUT2D eigenvalue weighted by atomic mass is 10.0. The first-order valence-electron chi connectivity index (χ1n) is 6.85. The van der Waals surface area contributed by atoms with Crippen LogP contribution in [0.1, 0.15) is 30.9 Å². The molecule has 1 atom stereocenters. The van der Waals surface area contributed by atoms with Gasteiger partial charge in [0.2, 0.25) is 10.0 Å². The molecule has 2 N–H and O–H groups in total. The van der Waals surface area contributed by atoms with E-state index in [1.807, 2.05) is 25.1 Å². The van der Waals surface area contributed by atoms with Crippen LogP contribution < -0.4 is 5.73 Å². The van der Waals surface area contributed by atoms with Crippen molar-refractivity contribution in [3.05, 3.63) is 35.4 Å². The van der Waals surface area contributed by atoms with E-state index in [-0.39, 0.29) is 6.54 Å². The highest BCUT2D eigenvalue weighted by Crippen LogP contribution is 2.22. The fourth-order valence-electron chi connectivity index (χ4n) is 2.60. The van der Waals surface area contributed by atoms with E-state index in [1.165, 1.54) is 5.56 Å². The summed E-state index contributed by atoms with van der Waals surface area (Å²) in [6, 6.07) is 8.09. The number of fused-ring (bicyclic) bond motifs is 1. The lowest BCUT2D eigenvalue weighted by molar-refractivity contribution is 0.401. The Morgan fingerprint density at radius 1 is 1.32 bits per heavy atom. The summed E-state index contributed by atoms with van der Waals surface area (Å²) in [4.78, 5) is 0. The molecule has 1 aromatic rings. The van der Waals surface area contributed by atoms with Crippen molar-refractivity contribution in [2.24, 2.45) is 5.73 Å². The van der Waals surface area contributed by atoms with Crippen molar-refractivity contribution in [3.8, 4) is 0 Å². The normalized spacial score (nSPS) is 18.6. The van der Waals surface area contributed by atoms with E-state index >= 15 is 0 Å². The smallest absolute Gasteiger partial charge is 0.218 e. The van der Waals surface area contributed by atoms with Gasteiger partial charge in [0.15, 0.2) is 0 Å². The van der Waals surface area contributed by atoms with Gasteiger partial charge in [0, 0.05) is 19.6 Å². The molecule has 1 aromatic carbocycles. The van der Waals surface area contributed by atoms with Crippen LogP contribution in [0.15, 0.2) is 24.3 Å². The van der Waals surface area contributed by atoms with Crippen LogP contribution >= 0.6 is 0 Å². The molecule has 4 nitrogen and oxygen atoms in total. The van der Waals surface area contributed by atoms with E-state index < -0.39 is 15.3 Å². The molecule has 0 aromatic heterocycles. The molecule has 1 heterocycles. The monoisotopic (exact) mass is 282 g/mol. The molecule has 5 heteroatoms. The minimum atomic E-state index is -3.28. The fraction of sp³-hybridized carbons (Fsp3) is 0.571. The second kappa shape index (κ2) is 6.03. The van der Waals surface area contributed by atoms with Gasteiger partial charge in [0.25, 0.3) is 0 Å². The largest absolute Gasteiger partial charge is 0.329 e. The van der Waals surface area contributed by atoms with Gasteiger partial charge in [-0.15, -0.1) is 0 Å². The number of benzene rings is 1. The molecule has 0 aliphatic carbocycles. The van der Waals surface area contributed by atoms with Crippen molar-refractivity contribution in [1.82, 2.24) is 4.31 Å². The molecule has 1 unspecified atom stereocenters. The lowest BCUT2D eigenvalue weighted by Crippen LogP contribution is -2.41. The van der Waals surface area contributed by atoms with Gasteiger partial charge >= 0.3 is 0 Å². The quantitative estimate of drug-likeness (QED) is 0.910. The van der Waals surface area contributed by atoms with Gasteiger partial charge in [-0.2, -0.15) is 4.31 Å². The SMILES string of the molecule is CCC(CN)S(=O)(=O)N1CCCc2ccccc2C1. The Hall–Kier alpha value is -0.910. The number of sulfonamides is 1. The summed E-state index contributed by atoms with van der Waals surface area (Å²) < 4.78 is 26.7. The zero-order valence-electron chi connectivity index (χ0n) is 11.4. The van der Waals surface area contributed by atoms with Crippen LogP contribution in [0, 0.1) is 0 Å². The predicted octanol–water partition coefficient (Wildman–Crippen LogP) is 1.50. The van der Waals surface area contributed by atoms with Gasteiger partial charge < -0.3 is 5.73 Å². The van der Waals surface area contributed by atoms with Crippen LogP contribution in [0.2, 0.25) is 0 Å². The molecule has 0 spiro atoms. The number of hydrogen-bond donors (Lipinski definition) is 1. The molecular formula is C14H22N2O2S. The maximum atomic E-state index is 12.6. The predicted molar refractivity (Wildman–Crippen MR) is 77.2 cm³/mol. The van der Waals surface area contributed by atoms with Crippen molar-refractivity contribution in [2.75, 3.05) is 13.1 Å². The number of hydrogen-bond acceptors (Lipinski definition) is 3. The number of rotatable bonds is 4. The number of aryl methyl sites for hydroxylation is 1. The molecule has 0 saturated carbocycles. The third kappa shape index (κ3) is 2.99. The Bertz CT molecular complexity index is 524. The third-order valence-electron chi connectivity index (χ3n) is 3.82. The molecule has 106 valence electrons. The average molecular weight is 282 g/mol. The molecule has 0 bridgehead atoms. The molecule has 19 heavy (non-hydrogen) atoms. The van der Waals surface area contributed by atoms with Crippen molar-refractivity contribution >= 4 is 10.0 Å². The van der Waals surface area contributed by atoms with Gasteiger partial charge in [0.1, 0.15) is 0 Å². The zero-order valence-corrected chi connectivity index (χ0v) is 12.2. The minimum Gasteiger partial charge on any atom is -0.329 e. The summed E-state index contributed by atoms with van der Waals surface area (Å²) in [6.45, 7) is 3.14. The highest BCUT2D eigenvalue weighted by Gasteiger charge is 2.31. The lowest BCUT2D eigenvalue weighted by Gasteiger charge is -2.25. The first-order valence-corrected chi connectivity index (χ1v) is 8.35. The first kappa shape index (κ1) is 14.5. The Labute approximate surface area is 115 Å². The molecular weight excluding hydrogens is 260 g/mol. The van der Waals surface area contributed by atoms with Crippen LogP contribution in [0.3, 0.4) is 0 Å². The van der Waals surface area contributed by atoms with Crippen LogP contribution in [-0.2, 0) is 23.0 Å². The molecule has 0 radical (unpaired) electrons. The number of nitrogens with two attached hydrogens (primary N) is 1. The molecule has 1 aliphatic rings. The first-order chi connectivity index (χ1) is 9.09. The maximum absolute atomic E-state index is 12.6. The van der Waals surface area contributed by atoms with Crippen LogP contribution in [0.5, 0.6) is 0 Å². The number of nitrogens with zero attached hydrogens (tertiary/aromatic N) is 1. The Kier molecular flexibility index (Phi) is 4.60. The summed E-state index contributed by atoms with van der Waals surface area (Å²) in [5.41, 5.74) is 7.99. The molecule has 0 amide bonds. The maximum Gasteiger partial charge on any atom is 0.218 e. The molecule has 0 fully saturated rings. The zero-order chi connectivity index (χ0) is 13.9. The van der Waals surface area contributed by atoms with Crippen LogP contribution in [0.4, 0.5) is 0 Å². The van der Waals surface area contributed by atoms with Crippen molar-refractivity contribution in [1.29, 1.82) is 0 Å². The van der Waals surface area contributed by atoms with Gasteiger partial charge in [-0.25, -0.2) is 8.42 Å². The van der Waals surface area contributed by atoms with Gasteiger partial charge in [-0.3, -0.25) is 0 Å². The van der Waals surface area contributed by atoms with Crippen molar-refractivity contribution < 1.29 is 8.42 Å². The van der Waals surface area contributed by atoms with Gasteiger partial charge in [0.05, 0.1) is 5.25 Å². The molecule has 0 saturated heterocycles. The highest BCUT2D eigenvalue weighted by atomic mass is 32.2. The van der Waals surface area contributed by atoms with E-state index in [1.54, 1.807) is 4.31 Å². The van der Waals surface area contributed by atoms with Crippen molar-refractivity contribution in [2.45, 2.75) is 38.0 Å². The summed E-state index contributed by atoms with van der Waals surface area (Å²) in [6.07, 6.45) is 2.38. The molecule has 2 rings (SSSR count). The van der Waals surface area contributed by atoms with E-state index in [2.05, 4.69) is 6.07 Å². The topological polar surface area (TPSA) is 63.4 Å². The summed E-state index contributed by atoms with van der Waals surface area (Å²) in [5, 5.41) is -0.460. The Morgan fingerprint density at radius 2 is 2.00 bits per heavy atom. The summed E-state index contributed by atoms with van der Waals surface area (Å²) in [5.74, 6) is 0. The second-order valence-electron chi connectivity index (χ2n) is 5.02. The minimum absolute atomic E-state index is 0.191.